The lowest BCUT2D eigenvalue weighted by Gasteiger charge is -2.19. The van der Waals surface area contributed by atoms with Gasteiger partial charge in [0.15, 0.2) is 0 Å². The smallest absolute Gasteiger partial charge is 0.247 e. The van der Waals surface area contributed by atoms with Crippen LogP contribution in [-0.2, 0) is 13.6 Å². The summed E-state index contributed by atoms with van der Waals surface area (Å²) in [5, 5.41) is 23.8. The van der Waals surface area contributed by atoms with E-state index in [2.05, 4.69) is 24.0 Å². The molecule has 0 aromatic carbocycles. The molecule has 0 aliphatic heterocycles. The number of hydrogen-bond acceptors (Lipinski definition) is 3. The van der Waals surface area contributed by atoms with Crippen LogP contribution in [0.3, 0.4) is 0 Å². The Kier molecular flexibility index (Phi) is 5.62. The molecule has 0 spiro atoms. The summed E-state index contributed by atoms with van der Waals surface area (Å²) in [6, 6.07) is 0. The summed E-state index contributed by atoms with van der Waals surface area (Å²) in [6.45, 7) is 3.18. The van der Waals surface area contributed by atoms with Crippen LogP contribution in [-0.4, -0.2) is 16.8 Å². The van der Waals surface area contributed by atoms with Crippen LogP contribution in [0.1, 0.15) is 6.92 Å². The zero-order valence-electron chi connectivity index (χ0n) is 10.4. The number of nitrogens with zero attached hydrogens (tertiary/aromatic N) is 5. The van der Waals surface area contributed by atoms with E-state index >= 15 is 0 Å². The summed E-state index contributed by atoms with van der Waals surface area (Å²) in [4.78, 5) is 0. The minimum absolute atomic E-state index is 0.670. The molecule has 0 aliphatic rings. The average Bonchev–Trinajstić information content (AvgIpc) is 2.77. The molecule has 0 fully saturated rings. The van der Waals surface area contributed by atoms with Crippen LogP contribution < -0.4 is 4.57 Å². The second-order valence-electron chi connectivity index (χ2n) is 3.70. The van der Waals surface area contributed by atoms with Crippen LogP contribution in [0.25, 0.3) is 0 Å². The maximum Gasteiger partial charge on any atom is 0.401 e. The molecular formula is C10H11BF3N5. The zero-order chi connectivity index (χ0) is 15.1. The molecule has 1 heterocycles. The van der Waals surface area contributed by atoms with Gasteiger partial charge in [0.25, 0.3) is 6.08 Å². The van der Waals surface area contributed by atoms with E-state index in [9.17, 15) is 13.2 Å². The highest BCUT2D eigenvalue weighted by Gasteiger charge is 2.51. The zero-order valence-corrected chi connectivity index (χ0v) is 10.4. The van der Waals surface area contributed by atoms with Crippen molar-refractivity contribution in [3.05, 3.63) is 18.7 Å². The van der Waals surface area contributed by atoms with Crippen molar-refractivity contribution in [2.24, 2.45) is 7.05 Å². The van der Waals surface area contributed by atoms with Crippen LogP contribution in [0.15, 0.2) is 18.7 Å². The minimum Gasteiger partial charge on any atom is -0.247 e. The van der Waals surface area contributed by atoms with Crippen molar-refractivity contribution in [1.29, 1.82) is 15.8 Å². The Balaban J connectivity index is 0.000000356. The fourth-order valence-corrected chi connectivity index (χ4v) is 0.995. The molecule has 100 valence electrons. The Morgan fingerprint density at radius 3 is 1.79 bits per heavy atom. The fraction of sp³-hybridized carbons (Fsp3) is 0.400. The van der Waals surface area contributed by atoms with Gasteiger partial charge >= 0.3 is 6.15 Å². The Morgan fingerprint density at radius 2 is 1.68 bits per heavy atom. The number of hydrogen-bond donors (Lipinski definition) is 0. The van der Waals surface area contributed by atoms with Crippen LogP contribution in [0.4, 0.5) is 13.2 Å². The van der Waals surface area contributed by atoms with E-state index in [4.69, 9.17) is 15.8 Å². The Morgan fingerprint density at radius 1 is 1.21 bits per heavy atom. The van der Waals surface area contributed by atoms with Gasteiger partial charge in [0.1, 0.15) is 12.4 Å². The first-order valence-electron chi connectivity index (χ1n) is 5.23. The number of rotatable bonds is 1. The molecular weight excluding hydrogens is 258 g/mol. The van der Waals surface area contributed by atoms with Gasteiger partial charge in [-0.1, -0.05) is 0 Å². The van der Waals surface area contributed by atoms with E-state index in [0.29, 0.717) is 17.9 Å². The first-order chi connectivity index (χ1) is 8.76. The van der Waals surface area contributed by atoms with Gasteiger partial charge in [-0.15, -0.1) is 17.9 Å². The quantitative estimate of drug-likeness (QED) is 0.564. The van der Waals surface area contributed by atoms with Crippen molar-refractivity contribution in [3.63, 3.8) is 0 Å². The SMILES string of the molecule is CCn1cc[n+](C)c1.N#C[B-](C#N)(C#N)C(F)(F)F. The highest BCUT2D eigenvalue weighted by atomic mass is 19.4. The average molecular weight is 269 g/mol. The fourth-order valence-electron chi connectivity index (χ4n) is 0.995. The van der Waals surface area contributed by atoms with Gasteiger partial charge in [-0.2, -0.15) is 0 Å². The number of nitriles is 3. The first-order valence-corrected chi connectivity index (χ1v) is 5.23. The second-order valence-corrected chi connectivity index (χ2v) is 3.70. The van der Waals surface area contributed by atoms with E-state index in [1.807, 2.05) is 17.8 Å². The van der Waals surface area contributed by atoms with Gasteiger partial charge in [0.2, 0.25) is 6.33 Å². The highest BCUT2D eigenvalue weighted by Crippen LogP contribution is 2.26. The van der Waals surface area contributed by atoms with Crippen molar-refractivity contribution in [3.8, 4) is 17.9 Å². The molecule has 1 aromatic rings. The van der Waals surface area contributed by atoms with Gasteiger partial charge in [-0.05, 0) is 6.92 Å². The molecule has 0 aliphatic carbocycles. The Hall–Kier alpha value is -2.47. The van der Waals surface area contributed by atoms with Gasteiger partial charge in [-0.25, -0.2) is 38.1 Å². The molecule has 0 unspecified atom stereocenters. The monoisotopic (exact) mass is 269 g/mol. The molecule has 9 heteroatoms. The van der Waals surface area contributed by atoms with Crippen LogP contribution in [0, 0.1) is 33.7 Å². The van der Waals surface area contributed by atoms with E-state index in [1.165, 1.54) is 0 Å². The predicted octanol–water partition coefficient (Wildman–Crippen LogP) is 1.06. The molecule has 0 amide bonds. The van der Waals surface area contributed by atoms with E-state index < -0.39 is 12.2 Å². The molecule has 0 N–H and O–H groups in total. The third kappa shape index (κ3) is 4.04. The summed E-state index contributed by atoms with van der Waals surface area (Å²) in [5.41, 5.74) is 0. The predicted molar refractivity (Wildman–Crippen MR) is 59.9 cm³/mol. The van der Waals surface area contributed by atoms with Crippen LogP contribution in [0.2, 0.25) is 0 Å². The second kappa shape index (κ2) is 6.46. The molecule has 5 nitrogen and oxygen atoms in total. The lowest BCUT2D eigenvalue weighted by molar-refractivity contribution is -0.671. The van der Waals surface area contributed by atoms with Gasteiger partial charge in [0, 0.05) is 0 Å². The van der Waals surface area contributed by atoms with Crippen molar-refractivity contribution >= 4 is 6.15 Å². The van der Waals surface area contributed by atoms with E-state index in [0.717, 1.165) is 6.54 Å². The Labute approximate surface area is 108 Å². The largest absolute Gasteiger partial charge is 0.401 e. The summed E-state index contributed by atoms with van der Waals surface area (Å²) in [7, 11) is 2.02. The third-order valence-corrected chi connectivity index (χ3v) is 2.26. The maximum absolute atomic E-state index is 11.7. The third-order valence-electron chi connectivity index (χ3n) is 2.26. The summed E-state index contributed by atoms with van der Waals surface area (Å²) in [6.07, 6.45) is -3.10. The molecule has 0 bridgehead atoms. The van der Waals surface area contributed by atoms with Crippen molar-refractivity contribution in [2.75, 3.05) is 0 Å². The summed E-state index contributed by atoms with van der Waals surface area (Å²) >= 11 is 0. The number of aromatic nitrogens is 2. The normalized spacial score (nSPS) is 10.4. The molecule has 0 radical (unpaired) electrons. The van der Waals surface area contributed by atoms with Crippen molar-refractivity contribution < 1.29 is 17.7 Å². The maximum atomic E-state index is 11.7. The van der Waals surface area contributed by atoms with Crippen molar-refractivity contribution in [2.45, 2.75) is 19.5 Å². The molecule has 0 atom stereocenters. The molecule has 0 saturated heterocycles. The summed E-state index contributed by atoms with van der Waals surface area (Å²) < 4.78 is 39.4. The van der Waals surface area contributed by atoms with Gasteiger partial charge in [0.05, 0.1) is 13.6 Å². The van der Waals surface area contributed by atoms with E-state index in [-0.39, 0.29) is 0 Å². The molecule has 1 aromatic heterocycles. The minimum atomic E-state index is -5.06. The van der Waals surface area contributed by atoms with Gasteiger partial charge in [-0.3, -0.25) is 0 Å². The Bertz CT molecular complexity index is 507. The first kappa shape index (κ1) is 16.5. The number of alkyl halides is 3. The topological polar surface area (TPSA) is 80.2 Å². The number of imidazole rings is 1. The van der Waals surface area contributed by atoms with Crippen LogP contribution >= 0.6 is 0 Å². The number of aryl methyl sites for hydroxylation is 2. The lowest BCUT2D eigenvalue weighted by Crippen LogP contribution is -2.47. The van der Waals surface area contributed by atoms with Gasteiger partial charge < -0.3 is 0 Å². The van der Waals surface area contributed by atoms with E-state index in [1.54, 1.807) is 0 Å². The molecule has 19 heavy (non-hydrogen) atoms. The molecule has 1 rings (SSSR count). The highest BCUT2D eigenvalue weighted by molar-refractivity contribution is 7.00. The number of halogens is 3. The summed E-state index contributed by atoms with van der Waals surface area (Å²) in [5.74, 6) is 2.01. The lowest BCUT2D eigenvalue weighted by atomic mass is 9.28. The van der Waals surface area contributed by atoms with Crippen LogP contribution in [0.5, 0.6) is 0 Å². The molecule has 0 saturated carbocycles. The van der Waals surface area contributed by atoms with Crippen molar-refractivity contribution in [1.82, 2.24) is 4.57 Å². The standard InChI is InChI=1S/C6H11N2.C4BF3N3/c1-3-8-5-4-7(2)6-8;6-4(7,8)5(1-9,2-10)3-11/h4-6H,3H2,1-2H3;/q+1;-1.